The predicted molar refractivity (Wildman–Crippen MR) is 54.7 cm³/mol. The Morgan fingerprint density at radius 3 is 2.46 bits per heavy atom. The van der Waals surface area contributed by atoms with Crippen molar-refractivity contribution in [2.75, 3.05) is 19.7 Å². The summed E-state index contributed by atoms with van der Waals surface area (Å²) in [4.78, 5) is 0. The summed E-state index contributed by atoms with van der Waals surface area (Å²) in [7, 11) is 0. The van der Waals surface area contributed by atoms with Crippen LogP contribution in [0.2, 0.25) is 0 Å². The van der Waals surface area contributed by atoms with Gasteiger partial charge in [0.05, 0.1) is 6.61 Å². The number of aliphatic hydroxyl groups excluding tert-OH is 1. The van der Waals surface area contributed by atoms with Crippen molar-refractivity contribution in [1.29, 1.82) is 0 Å². The molecule has 1 aromatic rings. The molecule has 2 heterocycles. The van der Waals surface area contributed by atoms with Crippen LogP contribution in [-0.4, -0.2) is 34.6 Å². The van der Waals surface area contributed by atoms with Gasteiger partial charge in [-0.2, -0.15) is 5.10 Å². The summed E-state index contributed by atoms with van der Waals surface area (Å²) in [6, 6.07) is 1.87. The molecule has 2 rings (SSSR count). The first-order chi connectivity index (χ1) is 5.37. The van der Waals surface area contributed by atoms with Crippen LogP contribution in [0.25, 0.3) is 0 Å². The van der Waals surface area contributed by atoms with Gasteiger partial charge in [-0.1, -0.05) is 0 Å². The monoisotopic (exact) mass is 225 g/mol. The third-order valence-electron chi connectivity index (χ3n) is 2.19. The van der Waals surface area contributed by atoms with E-state index in [0.29, 0.717) is 0 Å². The van der Waals surface area contributed by atoms with Gasteiger partial charge >= 0.3 is 0 Å². The van der Waals surface area contributed by atoms with E-state index in [1.54, 1.807) is 6.20 Å². The lowest BCUT2D eigenvalue weighted by Crippen LogP contribution is -2.62. The average molecular weight is 226 g/mol. The number of rotatable bonds is 2. The second kappa shape index (κ2) is 4.81. The van der Waals surface area contributed by atoms with E-state index in [-0.39, 0.29) is 37.0 Å². The maximum atomic E-state index is 9.11. The van der Waals surface area contributed by atoms with Crippen LogP contribution in [0.15, 0.2) is 18.5 Å². The van der Waals surface area contributed by atoms with Crippen molar-refractivity contribution in [2.24, 2.45) is 0 Å². The number of aliphatic hydroxyl groups is 1. The highest BCUT2D eigenvalue weighted by Crippen LogP contribution is 2.18. The van der Waals surface area contributed by atoms with E-state index in [1.807, 2.05) is 16.9 Å². The van der Waals surface area contributed by atoms with Crippen LogP contribution in [0.3, 0.4) is 0 Å². The lowest BCUT2D eigenvalue weighted by molar-refractivity contribution is 0.0662. The van der Waals surface area contributed by atoms with Crippen LogP contribution < -0.4 is 5.32 Å². The third-order valence-corrected chi connectivity index (χ3v) is 2.19. The van der Waals surface area contributed by atoms with Gasteiger partial charge in [-0.05, 0) is 6.07 Å². The van der Waals surface area contributed by atoms with Crippen molar-refractivity contribution in [2.45, 2.75) is 5.54 Å². The Labute approximate surface area is 89.1 Å². The lowest BCUT2D eigenvalue weighted by atomic mass is 9.94. The third kappa shape index (κ3) is 1.96. The highest BCUT2D eigenvalue weighted by molar-refractivity contribution is 5.85. The molecular weight excluding hydrogens is 213 g/mol. The molecule has 1 fully saturated rings. The molecule has 1 saturated heterocycles. The predicted octanol–water partition coefficient (Wildman–Crippen LogP) is 0.0175. The maximum absolute atomic E-state index is 9.11. The molecule has 0 atom stereocenters. The summed E-state index contributed by atoms with van der Waals surface area (Å²) in [5.74, 6) is 0. The van der Waals surface area contributed by atoms with Crippen molar-refractivity contribution in [1.82, 2.24) is 15.1 Å². The van der Waals surface area contributed by atoms with Gasteiger partial charge in [0.1, 0.15) is 5.54 Å². The molecule has 0 aromatic carbocycles. The van der Waals surface area contributed by atoms with Crippen molar-refractivity contribution in [3.8, 4) is 0 Å². The molecule has 1 aliphatic heterocycles. The molecular formula is C7H13Cl2N3O. The Morgan fingerprint density at radius 1 is 1.46 bits per heavy atom. The van der Waals surface area contributed by atoms with Gasteiger partial charge in [-0.15, -0.1) is 24.8 Å². The smallest absolute Gasteiger partial charge is 0.110 e. The Kier molecular flexibility index (Phi) is 4.70. The Balaban J connectivity index is 0.000000720. The molecule has 0 unspecified atom stereocenters. The highest BCUT2D eigenvalue weighted by atomic mass is 35.5. The topological polar surface area (TPSA) is 50.1 Å². The molecule has 6 heteroatoms. The number of hydrogen-bond acceptors (Lipinski definition) is 3. The minimum atomic E-state index is -0.163. The molecule has 0 bridgehead atoms. The summed E-state index contributed by atoms with van der Waals surface area (Å²) in [5, 5.41) is 16.3. The Hall–Kier alpha value is -0.290. The van der Waals surface area contributed by atoms with Crippen LogP contribution in [0.1, 0.15) is 0 Å². The van der Waals surface area contributed by atoms with Gasteiger partial charge in [-0.25, -0.2) is 0 Å². The fourth-order valence-corrected chi connectivity index (χ4v) is 1.31. The minimum absolute atomic E-state index is 0. The standard InChI is InChI=1S/C7H11N3O.2ClH/c11-6-7(4-8-5-7)10-3-1-2-9-10;;/h1-3,8,11H,4-6H2;2*1H. The van der Waals surface area contributed by atoms with E-state index < -0.39 is 0 Å². The zero-order chi connectivity index (χ0) is 7.73. The Bertz CT molecular complexity index is 230. The molecule has 4 nitrogen and oxygen atoms in total. The van der Waals surface area contributed by atoms with Crippen molar-refractivity contribution in [3.63, 3.8) is 0 Å². The molecule has 13 heavy (non-hydrogen) atoms. The maximum Gasteiger partial charge on any atom is 0.110 e. The zero-order valence-electron chi connectivity index (χ0n) is 7.01. The molecule has 0 radical (unpaired) electrons. The first-order valence-corrected chi connectivity index (χ1v) is 3.69. The average Bonchev–Trinajstić information content (AvgIpc) is 2.39. The summed E-state index contributed by atoms with van der Waals surface area (Å²) < 4.78 is 1.82. The fraction of sp³-hybridized carbons (Fsp3) is 0.571. The van der Waals surface area contributed by atoms with Gasteiger partial charge in [0.2, 0.25) is 0 Å². The van der Waals surface area contributed by atoms with Gasteiger partial charge in [-0.3, -0.25) is 4.68 Å². The second-order valence-electron chi connectivity index (χ2n) is 2.94. The van der Waals surface area contributed by atoms with Gasteiger partial charge in [0.15, 0.2) is 0 Å². The normalized spacial score (nSPS) is 17.9. The van der Waals surface area contributed by atoms with Crippen molar-refractivity contribution in [3.05, 3.63) is 18.5 Å². The van der Waals surface area contributed by atoms with E-state index in [0.717, 1.165) is 13.1 Å². The quantitative estimate of drug-likeness (QED) is 0.747. The first-order valence-electron chi connectivity index (χ1n) is 3.69. The molecule has 0 spiro atoms. The SMILES string of the molecule is Cl.Cl.OCC1(n2cccn2)CNC1. The van der Waals surface area contributed by atoms with Gasteiger partial charge in [0.25, 0.3) is 0 Å². The second-order valence-corrected chi connectivity index (χ2v) is 2.94. The number of aromatic nitrogens is 2. The molecule has 1 aliphatic rings. The Morgan fingerprint density at radius 2 is 2.15 bits per heavy atom. The number of nitrogens with one attached hydrogen (secondary N) is 1. The molecule has 0 saturated carbocycles. The van der Waals surface area contributed by atoms with E-state index in [4.69, 9.17) is 5.11 Å². The summed E-state index contributed by atoms with van der Waals surface area (Å²) in [6.07, 6.45) is 3.62. The van der Waals surface area contributed by atoms with E-state index in [1.165, 1.54) is 0 Å². The van der Waals surface area contributed by atoms with Crippen LogP contribution in [0.4, 0.5) is 0 Å². The molecule has 1 aromatic heterocycles. The number of halogens is 2. The van der Waals surface area contributed by atoms with E-state index in [2.05, 4.69) is 10.4 Å². The minimum Gasteiger partial charge on any atom is -0.394 e. The van der Waals surface area contributed by atoms with Crippen LogP contribution in [0.5, 0.6) is 0 Å². The largest absolute Gasteiger partial charge is 0.394 e. The van der Waals surface area contributed by atoms with Crippen molar-refractivity contribution >= 4 is 24.8 Å². The highest BCUT2D eigenvalue weighted by Gasteiger charge is 2.38. The van der Waals surface area contributed by atoms with Crippen LogP contribution in [0, 0.1) is 0 Å². The summed E-state index contributed by atoms with van der Waals surface area (Å²) >= 11 is 0. The lowest BCUT2D eigenvalue weighted by Gasteiger charge is -2.41. The molecule has 76 valence electrons. The first kappa shape index (κ1) is 12.7. The van der Waals surface area contributed by atoms with Gasteiger partial charge < -0.3 is 10.4 Å². The number of nitrogens with zero attached hydrogens (tertiary/aromatic N) is 2. The molecule has 2 N–H and O–H groups in total. The van der Waals surface area contributed by atoms with E-state index >= 15 is 0 Å². The molecule has 0 aliphatic carbocycles. The van der Waals surface area contributed by atoms with Gasteiger partial charge in [0, 0.05) is 25.5 Å². The summed E-state index contributed by atoms with van der Waals surface area (Å²) in [5.41, 5.74) is -0.163. The fourth-order valence-electron chi connectivity index (χ4n) is 1.31. The van der Waals surface area contributed by atoms with Crippen LogP contribution in [-0.2, 0) is 5.54 Å². The van der Waals surface area contributed by atoms with Crippen molar-refractivity contribution < 1.29 is 5.11 Å². The summed E-state index contributed by atoms with van der Waals surface area (Å²) in [6.45, 7) is 1.78. The molecule has 0 amide bonds. The van der Waals surface area contributed by atoms with Crippen LogP contribution >= 0.6 is 24.8 Å². The van der Waals surface area contributed by atoms with E-state index in [9.17, 15) is 0 Å². The zero-order valence-corrected chi connectivity index (χ0v) is 8.64. The number of hydrogen-bond donors (Lipinski definition) is 2.